The topological polar surface area (TPSA) is 64.6 Å². The number of nitrogens with one attached hydrogen (secondary N) is 1. The van der Waals surface area contributed by atoms with E-state index in [4.69, 9.17) is 0 Å². The van der Waals surface area contributed by atoms with Gasteiger partial charge in [-0.15, -0.1) is 0 Å². The highest BCUT2D eigenvalue weighted by Crippen LogP contribution is 2.21. The van der Waals surface area contributed by atoms with Crippen LogP contribution >= 0.6 is 0 Å². The average molecular weight is 395 g/mol. The van der Waals surface area contributed by atoms with E-state index in [0.717, 1.165) is 63.5 Å². The molecule has 2 aromatic rings. The molecular weight excluding hydrogens is 364 g/mol. The Labute approximate surface area is 172 Å². The molecule has 0 unspecified atom stereocenters. The van der Waals surface area contributed by atoms with Crippen LogP contribution in [-0.2, 0) is 0 Å². The number of nitrogens with zero attached hydrogens (tertiary/aromatic N) is 5. The molecule has 2 aliphatic rings. The molecule has 2 fully saturated rings. The van der Waals surface area contributed by atoms with Crippen LogP contribution in [0.1, 0.15) is 35.4 Å². The van der Waals surface area contributed by atoms with Crippen molar-refractivity contribution in [3.8, 4) is 0 Å². The van der Waals surface area contributed by atoms with Gasteiger partial charge in [0, 0.05) is 56.3 Å². The number of hydrogen-bond acceptors (Lipinski definition) is 6. The molecule has 0 saturated carbocycles. The molecule has 0 radical (unpaired) electrons. The zero-order valence-electron chi connectivity index (χ0n) is 17.4. The van der Waals surface area contributed by atoms with Gasteiger partial charge in [-0.3, -0.25) is 4.79 Å². The molecule has 0 atom stereocenters. The van der Waals surface area contributed by atoms with Crippen molar-refractivity contribution in [2.24, 2.45) is 0 Å². The van der Waals surface area contributed by atoms with Crippen molar-refractivity contribution in [2.75, 3.05) is 56.5 Å². The fourth-order valence-electron chi connectivity index (χ4n) is 3.94. The van der Waals surface area contributed by atoms with Gasteiger partial charge in [-0.2, -0.15) is 0 Å². The predicted octanol–water partition coefficient (Wildman–Crippen LogP) is 2.91. The van der Waals surface area contributed by atoms with Gasteiger partial charge in [-0.05, 0) is 63.6 Å². The van der Waals surface area contributed by atoms with E-state index in [9.17, 15) is 4.79 Å². The Morgan fingerprint density at radius 3 is 2.31 bits per heavy atom. The third-order valence-electron chi connectivity index (χ3n) is 5.71. The van der Waals surface area contributed by atoms with Crippen molar-refractivity contribution in [3.63, 3.8) is 0 Å². The molecule has 7 nitrogen and oxygen atoms in total. The molecule has 3 heterocycles. The fourth-order valence-corrected chi connectivity index (χ4v) is 3.94. The van der Waals surface area contributed by atoms with Crippen LogP contribution < -0.4 is 10.2 Å². The molecule has 7 heteroatoms. The van der Waals surface area contributed by atoms with Crippen molar-refractivity contribution in [1.29, 1.82) is 0 Å². The minimum absolute atomic E-state index is 0.00339. The molecule has 154 valence electrons. The van der Waals surface area contributed by atoms with E-state index in [0.29, 0.717) is 11.6 Å². The molecule has 0 bridgehead atoms. The molecule has 2 saturated heterocycles. The van der Waals surface area contributed by atoms with Gasteiger partial charge in [0.25, 0.3) is 5.91 Å². The number of likely N-dealkylation sites (N-methyl/N-ethyl adjacent to an activating group) is 1. The minimum atomic E-state index is 0.00339. The average Bonchev–Trinajstić information content (AvgIpc) is 2.75. The summed E-state index contributed by atoms with van der Waals surface area (Å²) in [7, 11) is 2.16. The zero-order valence-corrected chi connectivity index (χ0v) is 17.4. The number of aryl methyl sites for hydroxylation is 1. The number of carbonyl (C=O) groups excluding carboxylic acids is 1. The van der Waals surface area contributed by atoms with Crippen molar-refractivity contribution in [3.05, 3.63) is 41.7 Å². The second kappa shape index (κ2) is 8.78. The highest BCUT2D eigenvalue weighted by molar-refractivity contribution is 5.92. The lowest BCUT2D eigenvalue weighted by atomic mass is 10.1. The summed E-state index contributed by atoms with van der Waals surface area (Å²) < 4.78 is 0. The normalized spacial score (nSPS) is 18.0. The van der Waals surface area contributed by atoms with Gasteiger partial charge in [0.2, 0.25) is 5.95 Å². The largest absolute Gasteiger partial charge is 0.369 e. The first kappa shape index (κ1) is 19.6. The summed E-state index contributed by atoms with van der Waals surface area (Å²) in [6, 6.07) is 10.1. The predicted molar refractivity (Wildman–Crippen MR) is 116 cm³/mol. The van der Waals surface area contributed by atoms with Crippen LogP contribution in [0.2, 0.25) is 0 Å². The van der Waals surface area contributed by atoms with Gasteiger partial charge in [0.15, 0.2) is 0 Å². The third-order valence-corrected chi connectivity index (χ3v) is 5.71. The maximum absolute atomic E-state index is 12.8. The second-order valence-corrected chi connectivity index (χ2v) is 8.03. The number of aromatic nitrogens is 2. The Morgan fingerprint density at radius 2 is 1.62 bits per heavy atom. The number of piperidine rings is 1. The number of hydrogen-bond donors (Lipinski definition) is 1. The highest BCUT2D eigenvalue weighted by Gasteiger charge is 2.20. The van der Waals surface area contributed by atoms with Crippen molar-refractivity contribution < 1.29 is 4.79 Å². The lowest BCUT2D eigenvalue weighted by Gasteiger charge is -2.34. The standard InChI is InChI=1S/C22H30N6O/c1-17-16-20(21(29)28-10-4-3-5-11-28)25-22(23-17)24-18-6-8-19(9-7-18)27-14-12-26(2)13-15-27/h6-9,16H,3-5,10-15H2,1-2H3,(H,23,24,25). The Morgan fingerprint density at radius 1 is 0.931 bits per heavy atom. The van der Waals surface area contributed by atoms with Crippen molar-refractivity contribution in [2.45, 2.75) is 26.2 Å². The molecule has 0 spiro atoms. The molecule has 1 N–H and O–H groups in total. The zero-order chi connectivity index (χ0) is 20.2. The van der Waals surface area contributed by atoms with Crippen LogP contribution in [0.4, 0.5) is 17.3 Å². The fraction of sp³-hybridized carbons (Fsp3) is 0.500. The number of rotatable bonds is 4. The first-order valence-electron chi connectivity index (χ1n) is 10.5. The van der Waals surface area contributed by atoms with Crippen LogP contribution in [0.15, 0.2) is 30.3 Å². The van der Waals surface area contributed by atoms with E-state index in [1.54, 1.807) is 6.07 Å². The van der Waals surface area contributed by atoms with Crippen molar-refractivity contribution >= 4 is 23.2 Å². The van der Waals surface area contributed by atoms with Crippen LogP contribution in [0, 0.1) is 6.92 Å². The maximum atomic E-state index is 12.8. The summed E-state index contributed by atoms with van der Waals surface area (Å²) in [4.78, 5) is 28.4. The number of amides is 1. The summed E-state index contributed by atoms with van der Waals surface area (Å²) >= 11 is 0. The monoisotopic (exact) mass is 394 g/mol. The molecule has 4 rings (SSSR count). The van der Waals surface area contributed by atoms with E-state index in [1.807, 2.05) is 24.0 Å². The lowest BCUT2D eigenvalue weighted by Crippen LogP contribution is -2.44. The summed E-state index contributed by atoms with van der Waals surface area (Å²) in [6.45, 7) is 7.81. The smallest absolute Gasteiger partial charge is 0.272 e. The van der Waals surface area contributed by atoms with E-state index in [2.05, 4.69) is 44.3 Å². The molecule has 29 heavy (non-hydrogen) atoms. The summed E-state index contributed by atoms with van der Waals surface area (Å²) in [5.74, 6) is 0.473. The van der Waals surface area contributed by atoms with Gasteiger partial charge in [-0.25, -0.2) is 9.97 Å². The Bertz CT molecular complexity index is 839. The first-order chi connectivity index (χ1) is 14.1. The lowest BCUT2D eigenvalue weighted by molar-refractivity contribution is 0.0718. The van der Waals surface area contributed by atoms with Gasteiger partial charge >= 0.3 is 0 Å². The van der Waals surface area contributed by atoms with Gasteiger partial charge in [0.05, 0.1) is 0 Å². The summed E-state index contributed by atoms with van der Waals surface area (Å²) in [5, 5.41) is 3.26. The van der Waals surface area contributed by atoms with Crippen LogP contribution in [0.25, 0.3) is 0 Å². The molecule has 2 aliphatic heterocycles. The van der Waals surface area contributed by atoms with E-state index in [1.165, 1.54) is 12.1 Å². The molecule has 1 aromatic carbocycles. The second-order valence-electron chi connectivity index (χ2n) is 8.03. The van der Waals surface area contributed by atoms with E-state index in [-0.39, 0.29) is 5.91 Å². The Balaban J connectivity index is 1.45. The number of likely N-dealkylation sites (tertiary alicyclic amines) is 1. The van der Waals surface area contributed by atoms with Gasteiger partial charge in [-0.1, -0.05) is 0 Å². The highest BCUT2D eigenvalue weighted by atomic mass is 16.2. The maximum Gasteiger partial charge on any atom is 0.272 e. The Hall–Kier alpha value is -2.67. The van der Waals surface area contributed by atoms with Crippen LogP contribution in [0.3, 0.4) is 0 Å². The number of piperazine rings is 1. The van der Waals surface area contributed by atoms with Crippen molar-refractivity contribution in [1.82, 2.24) is 19.8 Å². The Kier molecular flexibility index (Phi) is 5.94. The van der Waals surface area contributed by atoms with Gasteiger partial charge in [0.1, 0.15) is 5.69 Å². The number of benzene rings is 1. The van der Waals surface area contributed by atoms with Crippen LogP contribution in [-0.4, -0.2) is 72.0 Å². The molecule has 1 amide bonds. The molecule has 1 aromatic heterocycles. The van der Waals surface area contributed by atoms with Gasteiger partial charge < -0.3 is 20.0 Å². The number of anilines is 3. The summed E-state index contributed by atoms with van der Waals surface area (Å²) in [5.41, 5.74) is 3.41. The minimum Gasteiger partial charge on any atom is -0.369 e. The quantitative estimate of drug-likeness (QED) is 0.860. The molecule has 0 aliphatic carbocycles. The SMILES string of the molecule is Cc1cc(C(=O)N2CCCCC2)nc(Nc2ccc(N3CCN(C)CC3)cc2)n1. The molecular formula is C22H30N6O. The van der Waals surface area contributed by atoms with E-state index < -0.39 is 0 Å². The third kappa shape index (κ3) is 4.85. The summed E-state index contributed by atoms with van der Waals surface area (Å²) in [6.07, 6.45) is 3.34. The van der Waals surface area contributed by atoms with E-state index >= 15 is 0 Å². The number of carbonyl (C=O) groups is 1. The first-order valence-corrected chi connectivity index (χ1v) is 10.5. The van der Waals surface area contributed by atoms with Crippen LogP contribution in [0.5, 0.6) is 0 Å².